The van der Waals surface area contributed by atoms with Crippen LogP contribution in [0.3, 0.4) is 0 Å². The van der Waals surface area contributed by atoms with E-state index in [4.69, 9.17) is 10.5 Å². The van der Waals surface area contributed by atoms with Crippen LogP contribution in [0.5, 0.6) is 0 Å². The highest BCUT2D eigenvalue weighted by atomic mass is 16.5. The van der Waals surface area contributed by atoms with Gasteiger partial charge in [-0.05, 0) is 31.1 Å². The van der Waals surface area contributed by atoms with Gasteiger partial charge in [-0.1, -0.05) is 13.8 Å². The van der Waals surface area contributed by atoms with Crippen LogP contribution in [0.4, 0.5) is 0 Å². The fraction of sp³-hybridized carbons (Fsp3) is 0.917. The molecule has 1 rings (SSSR count). The maximum atomic E-state index is 10.4. The largest absolute Gasteiger partial charge is 0.370 e. The standard InChI is InChI=1S/C12H24N2O2/c1-9-3-4-11(7-10(9)2)14-5-6-16-8-12(13)15/h9-11,14H,3-8H2,1-2H3,(H2,13,15). The van der Waals surface area contributed by atoms with Gasteiger partial charge in [0.1, 0.15) is 6.61 Å². The topological polar surface area (TPSA) is 64.3 Å². The van der Waals surface area contributed by atoms with Crippen LogP contribution in [-0.4, -0.2) is 31.7 Å². The summed E-state index contributed by atoms with van der Waals surface area (Å²) in [6, 6.07) is 0.614. The van der Waals surface area contributed by atoms with E-state index in [1.165, 1.54) is 19.3 Å². The van der Waals surface area contributed by atoms with Crippen LogP contribution >= 0.6 is 0 Å². The number of primary amides is 1. The normalized spacial score (nSPS) is 30.2. The first-order chi connectivity index (χ1) is 7.59. The van der Waals surface area contributed by atoms with E-state index in [-0.39, 0.29) is 6.61 Å². The molecule has 0 spiro atoms. The van der Waals surface area contributed by atoms with Crippen molar-refractivity contribution in [3.63, 3.8) is 0 Å². The van der Waals surface area contributed by atoms with Crippen LogP contribution in [-0.2, 0) is 9.53 Å². The quantitative estimate of drug-likeness (QED) is 0.664. The second-order valence-corrected chi connectivity index (χ2v) is 4.94. The number of nitrogens with one attached hydrogen (secondary N) is 1. The number of carbonyl (C=O) groups excluding carboxylic acids is 1. The van der Waals surface area contributed by atoms with E-state index in [9.17, 15) is 4.79 Å². The number of hydrogen-bond donors (Lipinski definition) is 2. The molecule has 1 aliphatic rings. The van der Waals surface area contributed by atoms with E-state index in [1.54, 1.807) is 0 Å². The van der Waals surface area contributed by atoms with Crippen molar-refractivity contribution in [2.24, 2.45) is 17.6 Å². The minimum atomic E-state index is -0.403. The van der Waals surface area contributed by atoms with Crippen LogP contribution in [0.1, 0.15) is 33.1 Å². The molecule has 1 amide bonds. The van der Waals surface area contributed by atoms with Crippen molar-refractivity contribution in [1.29, 1.82) is 0 Å². The molecule has 3 atom stereocenters. The number of carbonyl (C=O) groups is 1. The maximum absolute atomic E-state index is 10.4. The summed E-state index contributed by atoms with van der Waals surface area (Å²) in [6.07, 6.45) is 3.80. The Morgan fingerprint density at radius 3 is 2.75 bits per heavy atom. The molecular weight excluding hydrogens is 204 g/mol. The summed E-state index contributed by atoms with van der Waals surface area (Å²) in [4.78, 5) is 10.4. The zero-order chi connectivity index (χ0) is 12.0. The Hall–Kier alpha value is -0.610. The predicted molar refractivity (Wildman–Crippen MR) is 64.0 cm³/mol. The molecule has 0 heterocycles. The summed E-state index contributed by atoms with van der Waals surface area (Å²) < 4.78 is 5.10. The molecule has 1 fully saturated rings. The van der Waals surface area contributed by atoms with Crippen LogP contribution < -0.4 is 11.1 Å². The lowest BCUT2D eigenvalue weighted by Crippen LogP contribution is -2.38. The summed E-state index contributed by atoms with van der Waals surface area (Å²) in [5, 5.41) is 3.47. The maximum Gasteiger partial charge on any atom is 0.243 e. The Bertz CT molecular complexity index is 221. The number of nitrogens with two attached hydrogens (primary N) is 1. The van der Waals surface area contributed by atoms with Gasteiger partial charge in [0.2, 0.25) is 5.91 Å². The van der Waals surface area contributed by atoms with E-state index in [0.717, 1.165) is 18.4 Å². The van der Waals surface area contributed by atoms with Crippen molar-refractivity contribution in [3.05, 3.63) is 0 Å². The Morgan fingerprint density at radius 1 is 1.38 bits per heavy atom. The Balaban J connectivity index is 2.03. The van der Waals surface area contributed by atoms with Crippen molar-refractivity contribution in [3.8, 4) is 0 Å². The zero-order valence-electron chi connectivity index (χ0n) is 10.4. The molecule has 0 aromatic rings. The van der Waals surface area contributed by atoms with E-state index in [0.29, 0.717) is 12.6 Å². The molecule has 0 aromatic heterocycles. The molecule has 0 aliphatic heterocycles. The van der Waals surface area contributed by atoms with Crippen LogP contribution in [0.15, 0.2) is 0 Å². The molecule has 3 unspecified atom stereocenters. The van der Waals surface area contributed by atoms with E-state index in [1.807, 2.05) is 0 Å². The van der Waals surface area contributed by atoms with Gasteiger partial charge in [-0.2, -0.15) is 0 Å². The van der Waals surface area contributed by atoms with E-state index < -0.39 is 5.91 Å². The fourth-order valence-corrected chi connectivity index (χ4v) is 2.24. The van der Waals surface area contributed by atoms with Crippen LogP contribution in [0, 0.1) is 11.8 Å². The molecule has 0 radical (unpaired) electrons. The fourth-order valence-electron chi connectivity index (χ4n) is 2.24. The van der Waals surface area contributed by atoms with Crippen molar-refractivity contribution in [2.75, 3.05) is 19.8 Å². The summed E-state index contributed by atoms with van der Waals surface area (Å²) in [6.45, 7) is 6.04. The monoisotopic (exact) mass is 228 g/mol. The molecule has 16 heavy (non-hydrogen) atoms. The zero-order valence-corrected chi connectivity index (χ0v) is 10.4. The average Bonchev–Trinajstić information content (AvgIpc) is 2.22. The van der Waals surface area contributed by atoms with Gasteiger partial charge < -0.3 is 15.8 Å². The summed E-state index contributed by atoms with van der Waals surface area (Å²) in [7, 11) is 0. The molecule has 1 aliphatic carbocycles. The molecule has 4 nitrogen and oxygen atoms in total. The van der Waals surface area contributed by atoms with E-state index >= 15 is 0 Å². The minimum Gasteiger partial charge on any atom is -0.370 e. The first-order valence-electron chi connectivity index (χ1n) is 6.19. The first kappa shape index (κ1) is 13.5. The molecule has 94 valence electrons. The lowest BCUT2D eigenvalue weighted by molar-refractivity contribution is -0.122. The molecule has 3 N–H and O–H groups in total. The second kappa shape index (κ2) is 6.86. The third-order valence-corrected chi connectivity index (χ3v) is 3.52. The van der Waals surface area contributed by atoms with Gasteiger partial charge in [-0.25, -0.2) is 0 Å². The highest BCUT2D eigenvalue weighted by Crippen LogP contribution is 2.29. The van der Waals surface area contributed by atoms with Crippen molar-refractivity contribution in [1.82, 2.24) is 5.32 Å². The third-order valence-electron chi connectivity index (χ3n) is 3.52. The SMILES string of the molecule is CC1CCC(NCCOCC(N)=O)CC1C. The highest BCUT2D eigenvalue weighted by Gasteiger charge is 2.23. The summed E-state index contributed by atoms with van der Waals surface area (Å²) in [5.41, 5.74) is 4.97. The predicted octanol–water partition coefficient (Wildman–Crippen LogP) is 0.903. The van der Waals surface area contributed by atoms with Gasteiger partial charge in [0.05, 0.1) is 6.61 Å². The second-order valence-electron chi connectivity index (χ2n) is 4.94. The van der Waals surface area contributed by atoms with Gasteiger partial charge in [0.15, 0.2) is 0 Å². The lowest BCUT2D eigenvalue weighted by atomic mass is 9.79. The molecule has 0 bridgehead atoms. The van der Waals surface area contributed by atoms with Crippen molar-refractivity contribution in [2.45, 2.75) is 39.2 Å². The van der Waals surface area contributed by atoms with E-state index in [2.05, 4.69) is 19.2 Å². The number of rotatable bonds is 6. The van der Waals surface area contributed by atoms with Crippen molar-refractivity contribution >= 4 is 5.91 Å². The summed E-state index contributed by atoms with van der Waals surface area (Å²) >= 11 is 0. The number of ether oxygens (including phenoxy) is 1. The molecule has 4 heteroatoms. The van der Waals surface area contributed by atoms with Gasteiger partial charge in [-0.15, -0.1) is 0 Å². The highest BCUT2D eigenvalue weighted by molar-refractivity contribution is 5.74. The Labute approximate surface area is 97.9 Å². The van der Waals surface area contributed by atoms with Crippen LogP contribution in [0.2, 0.25) is 0 Å². The Morgan fingerprint density at radius 2 is 2.12 bits per heavy atom. The van der Waals surface area contributed by atoms with Gasteiger partial charge >= 0.3 is 0 Å². The van der Waals surface area contributed by atoms with Crippen LogP contribution in [0.25, 0.3) is 0 Å². The Kier molecular flexibility index (Phi) is 5.77. The number of hydrogen-bond acceptors (Lipinski definition) is 3. The first-order valence-corrected chi connectivity index (χ1v) is 6.19. The smallest absolute Gasteiger partial charge is 0.243 e. The minimum absolute atomic E-state index is 0.0276. The van der Waals surface area contributed by atoms with Gasteiger partial charge in [0.25, 0.3) is 0 Å². The lowest BCUT2D eigenvalue weighted by Gasteiger charge is -2.32. The molecule has 0 aromatic carbocycles. The van der Waals surface area contributed by atoms with Crippen molar-refractivity contribution < 1.29 is 9.53 Å². The number of amides is 1. The summed E-state index contributed by atoms with van der Waals surface area (Å²) in [5.74, 6) is 1.25. The van der Waals surface area contributed by atoms with Gasteiger partial charge in [0, 0.05) is 12.6 Å². The molecule has 1 saturated carbocycles. The third kappa shape index (κ3) is 4.94. The molecular formula is C12H24N2O2. The van der Waals surface area contributed by atoms with Gasteiger partial charge in [-0.3, -0.25) is 4.79 Å². The molecule has 0 saturated heterocycles. The average molecular weight is 228 g/mol.